The van der Waals surface area contributed by atoms with Crippen LogP contribution in [-0.4, -0.2) is 5.11 Å². The summed E-state index contributed by atoms with van der Waals surface area (Å²) in [6.45, 7) is 15.4. The van der Waals surface area contributed by atoms with Crippen molar-refractivity contribution in [3.8, 4) is 0 Å². The molecule has 1 N–H and O–H groups in total. The Balaban J connectivity index is 2.05. The summed E-state index contributed by atoms with van der Waals surface area (Å²) >= 11 is 0. The maximum atomic E-state index is 11.8. The molecule has 1 atom stereocenters. The van der Waals surface area contributed by atoms with Crippen molar-refractivity contribution in [3.05, 3.63) is 52.1 Å². The Labute approximate surface area is 160 Å². The molecule has 1 saturated carbocycles. The van der Waals surface area contributed by atoms with Crippen LogP contribution in [0.25, 0.3) is 6.08 Å². The molecule has 0 spiro atoms. The summed E-state index contributed by atoms with van der Waals surface area (Å²) in [6, 6.07) is 4.49. The molecular weight excluding hydrogens is 316 g/mol. The van der Waals surface area contributed by atoms with Gasteiger partial charge in [0.25, 0.3) is 0 Å². The lowest BCUT2D eigenvalue weighted by atomic mass is 9.68. The molecular formula is C25H36O. The van der Waals surface area contributed by atoms with Crippen molar-refractivity contribution in [1.29, 1.82) is 0 Å². The summed E-state index contributed by atoms with van der Waals surface area (Å²) in [5, 5.41) is 11.8. The zero-order chi connectivity index (χ0) is 19.1. The molecule has 1 fully saturated rings. The van der Waals surface area contributed by atoms with Crippen molar-refractivity contribution in [2.45, 2.75) is 84.7 Å². The van der Waals surface area contributed by atoms with Crippen molar-refractivity contribution in [1.82, 2.24) is 0 Å². The van der Waals surface area contributed by atoms with Crippen molar-refractivity contribution in [2.24, 2.45) is 11.8 Å². The van der Waals surface area contributed by atoms with E-state index in [9.17, 15) is 5.11 Å². The van der Waals surface area contributed by atoms with E-state index in [1.807, 2.05) is 0 Å². The average molecular weight is 353 g/mol. The van der Waals surface area contributed by atoms with Gasteiger partial charge >= 0.3 is 0 Å². The Morgan fingerprint density at radius 2 is 1.81 bits per heavy atom. The van der Waals surface area contributed by atoms with E-state index in [0.29, 0.717) is 17.8 Å². The highest BCUT2D eigenvalue weighted by molar-refractivity contribution is 5.70. The van der Waals surface area contributed by atoms with E-state index in [4.69, 9.17) is 0 Å². The third kappa shape index (κ3) is 3.20. The quantitative estimate of drug-likeness (QED) is 0.572. The molecule has 0 bridgehead atoms. The van der Waals surface area contributed by atoms with Crippen LogP contribution in [0.15, 0.2) is 29.9 Å². The second-order valence-electron chi connectivity index (χ2n) is 8.86. The summed E-state index contributed by atoms with van der Waals surface area (Å²) in [5.41, 5.74) is 7.36. The number of allylic oxidation sites excluding steroid dienone is 2. The Bertz CT molecular complexity index is 712. The molecule has 2 aliphatic carbocycles. The summed E-state index contributed by atoms with van der Waals surface area (Å²) in [7, 11) is 0. The van der Waals surface area contributed by atoms with Crippen molar-refractivity contribution in [3.63, 3.8) is 0 Å². The molecule has 1 nitrogen and oxygen atoms in total. The number of aliphatic hydroxyl groups is 1. The Morgan fingerprint density at radius 1 is 1.19 bits per heavy atom. The van der Waals surface area contributed by atoms with E-state index in [2.05, 4.69) is 59.4 Å². The van der Waals surface area contributed by atoms with E-state index < -0.39 is 5.60 Å². The first kappa shape index (κ1) is 19.4. The molecule has 0 aromatic heterocycles. The maximum absolute atomic E-state index is 11.8. The van der Waals surface area contributed by atoms with Gasteiger partial charge in [-0.3, -0.25) is 0 Å². The van der Waals surface area contributed by atoms with Crippen LogP contribution in [0.4, 0.5) is 0 Å². The topological polar surface area (TPSA) is 20.2 Å². The van der Waals surface area contributed by atoms with Crippen LogP contribution in [0.5, 0.6) is 0 Å². The monoisotopic (exact) mass is 352 g/mol. The van der Waals surface area contributed by atoms with Crippen molar-refractivity contribution >= 4 is 6.08 Å². The van der Waals surface area contributed by atoms with Crippen molar-refractivity contribution in [2.75, 3.05) is 0 Å². The smallest absolute Gasteiger partial charge is 0.0902 e. The number of benzene rings is 1. The first-order valence-corrected chi connectivity index (χ1v) is 10.5. The molecule has 1 aromatic rings. The number of hydrogen-bond donors (Lipinski definition) is 1. The third-order valence-corrected chi connectivity index (χ3v) is 7.17. The van der Waals surface area contributed by atoms with Gasteiger partial charge in [0.2, 0.25) is 0 Å². The average Bonchev–Trinajstić information content (AvgIpc) is 2.92. The molecule has 26 heavy (non-hydrogen) atoms. The Hall–Kier alpha value is -1.34. The van der Waals surface area contributed by atoms with E-state index >= 15 is 0 Å². The predicted octanol–water partition coefficient (Wildman–Crippen LogP) is 6.89. The largest absolute Gasteiger partial charge is 0.385 e. The summed E-state index contributed by atoms with van der Waals surface area (Å²) < 4.78 is 0. The highest BCUT2D eigenvalue weighted by Gasteiger charge is 2.41. The second-order valence-corrected chi connectivity index (χ2v) is 8.86. The van der Waals surface area contributed by atoms with E-state index in [1.54, 1.807) is 0 Å². The SMILES string of the molecule is C=C(C)C1CCC(O)(c2c(C)ccc3c2C(C(CC)CC)C(C)=C3)CC1. The van der Waals surface area contributed by atoms with Gasteiger partial charge in [-0.05, 0) is 80.5 Å². The molecule has 0 heterocycles. The van der Waals surface area contributed by atoms with Crippen LogP contribution < -0.4 is 0 Å². The van der Waals surface area contributed by atoms with Gasteiger partial charge in [-0.1, -0.05) is 62.6 Å². The van der Waals surface area contributed by atoms with Gasteiger partial charge in [-0.2, -0.15) is 0 Å². The minimum atomic E-state index is -0.676. The molecule has 2 aliphatic rings. The van der Waals surface area contributed by atoms with Crippen LogP contribution in [0.3, 0.4) is 0 Å². The fourth-order valence-electron chi connectivity index (χ4n) is 5.59. The zero-order valence-corrected chi connectivity index (χ0v) is 17.4. The molecule has 3 rings (SSSR count). The normalized spacial score (nSPS) is 28.2. The van der Waals surface area contributed by atoms with E-state index in [-0.39, 0.29) is 0 Å². The molecule has 0 aliphatic heterocycles. The zero-order valence-electron chi connectivity index (χ0n) is 17.4. The highest BCUT2D eigenvalue weighted by Crippen LogP contribution is 2.51. The minimum Gasteiger partial charge on any atom is -0.385 e. The number of rotatable bonds is 5. The van der Waals surface area contributed by atoms with Crippen LogP contribution in [-0.2, 0) is 5.60 Å². The fourth-order valence-corrected chi connectivity index (χ4v) is 5.59. The number of hydrogen-bond acceptors (Lipinski definition) is 1. The van der Waals surface area contributed by atoms with Gasteiger partial charge in [0.1, 0.15) is 0 Å². The van der Waals surface area contributed by atoms with Gasteiger partial charge in [0.05, 0.1) is 5.60 Å². The molecule has 1 unspecified atom stereocenters. The van der Waals surface area contributed by atoms with E-state index in [1.165, 1.54) is 46.2 Å². The lowest BCUT2D eigenvalue weighted by Gasteiger charge is -2.40. The van der Waals surface area contributed by atoms with Gasteiger partial charge in [0.15, 0.2) is 0 Å². The molecule has 0 amide bonds. The molecule has 0 radical (unpaired) electrons. The van der Waals surface area contributed by atoms with Crippen molar-refractivity contribution < 1.29 is 5.11 Å². The van der Waals surface area contributed by atoms with Crippen LogP contribution >= 0.6 is 0 Å². The van der Waals surface area contributed by atoms with E-state index in [0.717, 1.165) is 25.7 Å². The Morgan fingerprint density at radius 3 is 2.35 bits per heavy atom. The minimum absolute atomic E-state index is 0.470. The molecule has 142 valence electrons. The number of aryl methyl sites for hydroxylation is 1. The van der Waals surface area contributed by atoms with Gasteiger partial charge in [-0.25, -0.2) is 0 Å². The Kier molecular flexibility index (Phi) is 5.49. The molecule has 1 heteroatoms. The first-order chi connectivity index (χ1) is 12.3. The summed E-state index contributed by atoms with van der Waals surface area (Å²) in [6.07, 6.45) is 8.57. The van der Waals surface area contributed by atoms with Crippen LogP contribution in [0.1, 0.15) is 94.4 Å². The number of fused-ring (bicyclic) bond motifs is 1. The molecule has 0 saturated heterocycles. The lowest BCUT2D eigenvalue weighted by Crippen LogP contribution is -2.34. The van der Waals surface area contributed by atoms with Gasteiger partial charge in [0, 0.05) is 5.92 Å². The van der Waals surface area contributed by atoms with Gasteiger partial charge < -0.3 is 5.11 Å². The lowest BCUT2D eigenvalue weighted by molar-refractivity contribution is -0.0116. The second kappa shape index (κ2) is 7.35. The molecule has 1 aromatic carbocycles. The fraction of sp³-hybridized carbons (Fsp3) is 0.600. The first-order valence-electron chi connectivity index (χ1n) is 10.5. The standard InChI is InChI=1S/C25H36O/c1-7-19(8-2)22-18(6)15-21-10-9-17(5)24(23(21)22)25(26)13-11-20(12-14-25)16(3)4/h9-10,15,19-20,22,26H,3,7-8,11-14H2,1-2,4-6H3. The predicted molar refractivity (Wildman–Crippen MR) is 112 cm³/mol. The highest BCUT2D eigenvalue weighted by atomic mass is 16.3. The third-order valence-electron chi connectivity index (χ3n) is 7.17. The van der Waals surface area contributed by atoms with Gasteiger partial charge in [-0.15, -0.1) is 0 Å². The van der Waals surface area contributed by atoms with Crippen LogP contribution in [0, 0.1) is 18.8 Å². The maximum Gasteiger partial charge on any atom is 0.0902 e. The van der Waals surface area contributed by atoms with Crippen LogP contribution in [0.2, 0.25) is 0 Å². The summed E-state index contributed by atoms with van der Waals surface area (Å²) in [4.78, 5) is 0. The summed E-state index contributed by atoms with van der Waals surface area (Å²) in [5.74, 6) is 1.70.